The molecule has 0 aliphatic carbocycles. The molecule has 3 N–H and O–H groups in total. The monoisotopic (exact) mass is 561 g/mol. The highest BCUT2D eigenvalue weighted by atomic mass is 79.9. The van der Waals surface area contributed by atoms with Crippen molar-refractivity contribution in [2.75, 3.05) is 7.11 Å². The summed E-state index contributed by atoms with van der Waals surface area (Å²) >= 11 is 6.93. The van der Waals surface area contributed by atoms with E-state index in [-0.39, 0.29) is 22.6 Å². The molecule has 0 unspecified atom stereocenters. The lowest BCUT2D eigenvalue weighted by molar-refractivity contribution is 0.0728. The van der Waals surface area contributed by atoms with Crippen LogP contribution in [0.25, 0.3) is 22.4 Å². The minimum Gasteiger partial charge on any atom is -0.493 e. The zero-order valence-corrected chi connectivity index (χ0v) is 19.6. The lowest BCUT2D eigenvalue weighted by atomic mass is 10.2. The molecule has 1 amide bonds. The Bertz CT molecular complexity index is 1370. The van der Waals surface area contributed by atoms with Crippen LogP contribution >= 0.6 is 31.9 Å². The van der Waals surface area contributed by atoms with Gasteiger partial charge in [-0.2, -0.15) is 0 Å². The second kappa shape index (κ2) is 8.71. The lowest BCUT2D eigenvalue weighted by Crippen LogP contribution is -2.11. The number of H-pyrrole nitrogens is 1. The van der Waals surface area contributed by atoms with E-state index in [1.54, 1.807) is 24.3 Å². The molecule has 0 saturated carbocycles. The van der Waals surface area contributed by atoms with Crippen LogP contribution in [0.5, 0.6) is 11.5 Å². The van der Waals surface area contributed by atoms with Crippen LogP contribution in [0.3, 0.4) is 0 Å². The normalized spacial score (nSPS) is 10.9. The van der Waals surface area contributed by atoms with Gasteiger partial charge in [-0.1, -0.05) is 6.07 Å². The molecule has 3 aromatic carbocycles. The molecule has 4 rings (SSSR count). The molecule has 4 aromatic rings. The Morgan fingerprint density at radius 1 is 1.09 bits per heavy atom. The Labute approximate surface area is 198 Å². The van der Waals surface area contributed by atoms with Crippen molar-refractivity contribution in [3.63, 3.8) is 0 Å². The highest BCUT2D eigenvalue weighted by molar-refractivity contribution is 9.13. The van der Waals surface area contributed by atoms with Crippen molar-refractivity contribution in [3.05, 3.63) is 74.4 Å². The number of esters is 1. The number of nitrogens with two attached hydrogens (primary N) is 1. The first-order chi connectivity index (χ1) is 15.3. The average molecular weight is 563 g/mol. The van der Waals surface area contributed by atoms with Gasteiger partial charge in [0, 0.05) is 10.0 Å². The molecular formula is C22H14Br2FN3O4. The van der Waals surface area contributed by atoms with Gasteiger partial charge in [-0.05, 0) is 74.3 Å². The Kier molecular flexibility index (Phi) is 5.98. The topological polar surface area (TPSA) is 107 Å². The smallest absolute Gasteiger partial charge is 0.343 e. The van der Waals surface area contributed by atoms with Gasteiger partial charge in [0.2, 0.25) is 0 Å². The molecule has 0 bridgehead atoms. The highest BCUT2D eigenvalue weighted by Crippen LogP contribution is 2.46. The van der Waals surface area contributed by atoms with Crippen LogP contribution in [0.1, 0.15) is 20.7 Å². The number of amides is 1. The summed E-state index contributed by atoms with van der Waals surface area (Å²) < 4.78 is 25.0. The van der Waals surface area contributed by atoms with Crippen LogP contribution in [0.15, 0.2) is 57.5 Å². The third kappa shape index (κ3) is 3.98. The summed E-state index contributed by atoms with van der Waals surface area (Å²) in [5.74, 6) is -0.908. The summed E-state index contributed by atoms with van der Waals surface area (Å²) in [4.78, 5) is 31.9. The van der Waals surface area contributed by atoms with Gasteiger partial charge in [-0.15, -0.1) is 0 Å². The number of imidazole rings is 1. The number of benzene rings is 3. The van der Waals surface area contributed by atoms with E-state index in [0.717, 1.165) is 0 Å². The molecule has 32 heavy (non-hydrogen) atoms. The van der Waals surface area contributed by atoms with Crippen LogP contribution in [0.2, 0.25) is 0 Å². The molecular weight excluding hydrogens is 549 g/mol. The molecule has 1 heterocycles. The van der Waals surface area contributed by atoms with E-state index >= 15 is 0 Å². The lowest BCUT2D eigenvalue weighted by Gasteiger charge is -2.15. The minimum atomic E-state index is -0.682. The summed E-state index contributed by atoms with van der Waals surface area (Å²) in [5.41, 5.74) is 7.57. The molecule has 7 nitrogen and oxygen atoms in total. The van der Waals surface area contributed by atoms with E-state index < -0.39 is 17.7 Å². The maximum atomic E-state index is 13.1. The Morgan fingerprint density at radius 3 is 2.47 bits per heavy atom. The van der Waals surface area contributed by atoms with Crippen molar-refractivity contribution in [1.29, 1.82) is 0 Å². The first-order valence-electron chi connectivity index (χ1n) is 9.12. The second-order valence-corrected chi connectivity index (χ2v) is 8.22. The van der Waals surface area contributed by atoms with Gasteiger partial charge < -0.3 is 20.2 Å². The fourth-order valence-electron chi connectivity index (χ4n) is 3.10. The summed E-state index contributed by atoms with van der Waals surface area (Å²) in [6, 6.07) is 11.7. The van der Waals surface area contributed by atoms with Gasteiger partial charge in [-0.3, -0.25) is 4.79 Å². The minimum absolute atomic E-state index is 0.131. The number of para-hydroxylation sites is 1. The van der Waals surface area contributed by atoms with Crippen LogP contribution in [-0.4, -0.2) is 29.0 Å². The number of carbonyl (C=O) groups is 2. The van der Waals surface area contributed by atoms with E-state index in [2.05, 4.69) is 41.8 Å². The number of carbonyl (C=O) groups excluding carboxylic acids is 2. The van der Waals surface area contributed by atoms with Gasteiger partial charge in [-0.25, -0.2) is 14.2 Å². The number of nitrogens with one attached hydrogen (secondary N) is 1. The van der Waals surface area contributed by atoms with Crippen molar-refractivity contribution < 1.29 is 23.5 Å². The van der Waals surface area contributed by atoms with E-state index in [1.165, 1.54) is 31.4 Å². The number of methoxy groups -OCH3 is 1. The molecule has 0 aliphatic rings. The van der Waals surface area contributed by atoms with Gasteiger partial charge in [0.15, 0.2) is 11.5 Å². The molecule has 0 spiro atoms. The number of nitrogens with zero attached hydrogens (tertiary/aromatic N) is 1. The molecule has 162 valence electrons. The summed E-state index contributed by atoms with van der Waals surface area (Å²) in [7, 11) is 1.43. The van der Waals surface area contributed by atoms with Gasteiger partial charge in [0.25, 0.3) is 5.91 Å². The number of halogens is 3. The Hall–Kier alpha value is -3.24. The zero-order valence-electron chi connectivity index (χ0n) is 16.4. The van der Waals surface area contributed by atoms with E-state index in [4.69, 9.17) is 15.2 Å². The number of fused-ring (bicyclic) bond motifs is 1. The third-order valence-corrected chi connectivity index (χ3v) is 6.77. The first kappa shape index (κ1) is 22.0. The summed E-state index contributed by atoms with van der Waals surface area (Å²) in [6.45, 7) is 0. The molecule has 0 saturated heterocycles. The Balaban J connectivity index is 1.78. The number of aromatic amines is 1. The average Bonchev–Trinajstić information content (AvgIpc) is 3.21. The first-order valence-corrected chi connectivity index (χ1v) is 10.7. The summed E-state index contributed by atoms with van der Waals surface area (Å²) in [5, 5.41) is 0. The summed E-state index contributed by atoms with van der Waals surface area (Å²) in [6.07, 6.45) is 0. The molecule has 0 aliphatic heterocycles. The maximum Gasteiger partial charge on any atom is 0.343 e. The van der Waals surface area contributed by atoms with E-state index in [9.17, 15) is 14.0 Å². The van der Waals surface area contributed by atoms with Gasteiger partial charge in [0.1, 0.15) is 17.2 Å². The standard InChI is InChI=1S/C22H14Br2FN3O4/c1-31-15-9-13(21-27-14-4-2-3-12(20(26)29)18(14)28-21)16(23)17(24)19(15)32-22(30)10-5-7-11(25)8-6-10/h2-9H,1H3,(H2,26,29)(H,27,28). The third-order valence-electron chi connectivity index (χ3n) is 4.66. The fourth-order valence-corrected chi connectivity index (χ4v) is 4.07. The van der Waals surface area contributed by atoms with Crippen molar-refractivity contribution in [1.82, 2.24) is 9.97 Å². The second-order valence-electron chi connectivity index (χ2n) is 6.63. The quantitative estimate of drug-likeness (QED) is 0.256. The zero-order chi connectivity index (χ0) is 23.0. The Morgan fingerprint density at radius 2 is 1.81 bits per heavy atom. The number of rotatable bonds is 5. The van der Waals surface area contributed by atoms with Crippen molar-refractivity contribution >= 4 is 54.8 Å². The molecule has 0 radical (unpaired) electrons. The van der Waals surface area contributed by atoms with Crippen LogP contribution in [0, 0.1) is 5.82 Å². The van der Waals surface area contributed by atoms with Crippen LogP contribution < -0.4 is 15.2 Å². The van der Waals surface area contributed by atoms with Crippen molar-refractivity contribution in [2.24, 2.45) is 5.73 Å². The number of aromatic nitrogens is 2. The van der Waals surface area contributed by atoms with Crippen LogP contribution in [-0.2, 0) is 0 Å². The van der Waals surface area contributed by atoms with Crippen molar-refractivity contribution in [3.8, 4) is 22.9 Å². The number of hydrogen-bond donors (Lipinski definition) is 2. The van der Waals surface area contributed by atoms with Crippen LogP contribution in [0.4, 0.5) is 4.39 Å². The van der Waals surface area contributed by atoms with Gasteiger partial charge in [0.05, 0.1) is 28.2 Å². The largest absolute Gasteiger partial charge is 0.493 e. The number of hydrogen-bond acceptors (Lipinski definition) is 5. The maximum absolute atomic E-state index is 13.1. The number of primary amides is 1. The molecule has 1 aromatic heterocycles. The molecule has 10 heteroatoms. The van der Waals surface area contributed by atoms with E-state index in [1.807, 2.05) is 0 Å². The van der Waals surface area contributed by atoms with Gasteiger partial charge >= 0.3 is 5.97 Å². The predicted octanol–water partition coefficient (Wildman–Crippen LogP) is 5.22. The molecule has 0 fully saturated rings. The molecule has 0 atom stereocenters. The predicted molar refractivity (Wildman–Crippen MR) is 123 cm³/mol. The SMILES string of the molecule is COc1cc(-c2nc3c(C(N)=O)cccc3[nH]2)c(Br)c(Br)c1OC(=O)c1ccc(F)cc1. The number of ether oxygens (including phenoxy) is 2. The highest BCUT2D eigenvalue weighted by Gasteiger charge is 2.23. The fraction of sp³-hybridized carbons (Fsp3) is 0.0455. The van der Waals surface area contributed by atoms with E-state index in [0.29, 0.717) is 31.4 Å². The van der Waals surface area contributed by atoms with Crippen molar-refractivity contribution in [2.45, 2.75) is 0 Å².